The summed E-state index contributed by atoms with van der Waals surface area (Å²) in [7, 11) is -4.76. The van der Waals surface area contributed by atoms with E-state index in [4.69, 9.17) is 0 Å². The van der Waals surface area contributed by atoms with E-state index in [1.165, 1.54) is 0 Å². The molecule has 0 bridgehead atoms. The minimum Gasteiger partial charge on any atom is -0.315 e. The molecule has 0 amide bonds. The van der Waals surface area contributed by atoms with Crippen LogP contribution < -0.4 is 10.6 Å². The van der Waals surface area contributed by atoms with Crippen LogP contribution in [0.25, 0.3) is 0 Å². The Kier molecular flexibility index (Phi) is 8.55. The lowest BCUT2D eigenvalue weighted by molar-refractivity contribution is 0.589. The van der Waals surface area contributed by atoms with Crippen LogP contribution in [0.15, 0.2) is 84.4 Å². The molecule has 0 aromatic heterocycles. The first-order valence-corrected chi connectivity index (χ1v) is 14.0. The molecule has 0 aliphatic rings. The Labute approximate surface area is 164 Å². The first-order chi connectivity index (χ1) is 12.9. The zero-order chi connectivity index (χ0) is 19.6. The van der Waals surface area contributed by atoms with Gasteiger partial charge in [-0.3, -0.25) is 0 Å². The number of hydrogen-bond acceptors (Lipinski definition) is 2. The molecular weight excluding hydrogens is 370 g/mol. The van der Waals surface area contributed by atoms with Crippen LogP contribution in [-0.2, 0) is 9.13 Å². The van der Waals surface area contributed by atoms with E-state index < -0.39 is 14.3 Å². The van der Waals surface area contributed by atoms with Gasteiger partial charge in [0.1, 0.15) is 14.3 Å². The van der Waals surface area contributed by atoms with Gasteiger partial charge < -0.3 is 9.13 Å². The Bertz CT molecular complexity index is 768. The molecule has 0 aliphatic heterocycles. The summed E-state index contributed by atoms with van der Waals surface area (Å²) < 4.78 is 25.4. The standard InChI is InChI=1S/C23H30O2P2/c1-26(24,22-16-10-8-11-17-22)20-14-6-4-3-5-7-15-21-27(2,25)23-18-12-9-13-19-23/h8-21H,3-7H2,1-2H3/b20-14+,21-15+/t26-,27-/m0/s1. The molecule has 27 heavy (non-hydrogen) atoms. The van der Waals surface area contributed by atoms with Gasteiger partial charge >= 0.3 is 0 Å². The molecule has 2 aromatic rings. The Morgan fingerprint density at radius 1 is 0.630 bits per heavy atom. The average molecular weight is 400 g/mol. The van der Waals surface area contributed by atoms with Crippen molar-refractivity contribution in [3.05, 3.63) is 84.4 Å². The Balaban J connectivity index is 1.66. The highest BCUT2D eigenvalue weighted by atomic mass is 31.2. The highest BCUT2D eigenvalue weighted by Gasteiger charge is 2.13. The second-order valence-electron chi connectivity index (χ2n) is 7.06. The summed E-state index contributed by atoms with van der Waals surface area (Å²) in [6.45, 7) is 3.64. The van der Waals surface area contributed by atoms with Crippen molar-refractivity contribution in [2.45, 2.75) is 32.1 Å². The number of rotatable bonds is 10. The third-order valence-corrected chi connectivity index (χ3v) is 8.77. The average Bonchev–Trinajstić information content (AvgIpc) is 2.68. The van der Waals surface area contributed by atoms with E-state index in [2.05, 4.69) is 12.2 Å². The van der Waals surface area contributed by atoms with E-state index in [-0.39, 0.29) is 0 Å². The van der Waals surface area contributed by atoms with Gasteiger partial charge in [-0.15, -0.1) is 0 Å². The highest BCUT2D eigenvalue weighted by molar-refractivity contribution is 7.74. The summed E-state index contributed by atoms with van der Waals surface area (Å²) in [5, 5.41) is 1.82. The van der Waals surface area contributed by atoms with Crippen molar-refractivity contribution in [2.24, 2.45) is 0 Å². The molecule has 2 rings (SSSR count). The second-order valence-corrected chi connectivity index (χ2v) is 12.6. The van der Waals surface area contributed by atoms with Gasteiger partial charge in [0, 0.05) is 10.6 Å². The Morgan fingerprint density at radius 3 is 1.37 bits per heavy atom. The van der Waals surface area contributed by atoms with Crippen LogP contribution in [0, 0.1) is 0 Å². The fourth-order valence-corrected chi connectivity index (χ4v) is 5.85. The molecule has 0 saturated heterocycles. The van der Waals surface area contributed by atoms with Gasteiger partial charge in [0.15, 0.2) is 0 Å². The van der Waals surface area contributed by atoms with Gasteiger partial charge in [-0.05, 0) is 50.6 Å². The predicted molar refractivity (Wildman–Crippen MR) is 121 cm³/mol. The zero-order valence-corrected chi connectivity index (χ0v) is 18.1. The van der Waals surface area contributed by atoms with Gasteiger partial charge in [-0.25, -0.2) is 0 Å². The lowest BCUT2D eigenvalue weighted by Crippen LogP contribution is -2.00. The second kappa shape index (κ2) is 10.6. The third kappa shape index (κ3) is 7.49. The van der Waals surface area contributed by atoms with Crippen molar-refractivity contribution < 1.29 is 9.13 Å². The molecule has 0 unspecified atom stereocenters. The van der Waals surface area contributed by atoms with Crippen LogP contribution in [0.1, 0.15) is 32.1 Å². The van der Waals surface area contributed by atoms with Crippen molar-refractivity contribution >= 4 is 24.9 Å². The summed E-state index contributed by atoms with van der Waals surface area (Å²) in [5.74, 6) is 3.77. The van der Waals surface area contributed by atoms with Crippen molar-refractivity contribution in [3.8, 4) is 0 Å². The molecule has 2 atom stereocenters. The molecule has 0 radical (unpaired) electrons. The van der Waals surface area contributed by atoms with Gasteiger partial charge in [0.05, 0.1) is 0 Å². The maximum absolute atomic E-state index is 12.7. The van der Waals surface area contributed by atoms with E-state index >= 15 is 0 Å². The molecule has 0 spiro atoms. The number of unbranched alkanes of at least 4 members (excludes halogenated alkanes) is 4. The quantitative estimate of drug-likeness (QED) is 0.333. The van der Waals surface area contributed by atoms with Gasteiger partial charge in [0.25, 0.3) is 0 Å². The number of allylic oxidation sites excluding steroid dienone is 2. The van der Waals surface area contributed by atoms with Crippen molar-refractivity contribution in [2.75, 3.05) is 13.3 Å². The van der Waals surface area contributed by atoms with Crippen LogP contribution in [-0.4, -0.2) is 13.3 Å². The SMILES string of the molecule is C[P@](=O)(/C=C/CCCCC/C=C/[P@](C)(=O)c1ccccc1)c1ccccc1. The molecule has 144 valence electrons. The van der Waals surface area contributed by atoms with Crippen LogP contribution in [0.4, 0.5) is 0 Å². The van der Waals surface area contributed by atoms with Crippen molar-refractivity contribution in [1.29, 1.82) is 0 Å². The minimum atomic E-state index is -2.38. The highest BCUT2D eigenvalue weighted by Crippen LogP contribution is 2.42. The van der Waals surface area contributed by atoms with E-state index in [0.717, 1.165) is 42.7 Å². The molecule has 0 fully saturated rings. The summed E-state index contributed by atoms with van der Waals surface area (Å²) in [5.41, 5.74) is 0. The molecule has 4 heteroatoms. The maximum Gasteiger partial charge on any atom is 0.133 e. The maximum atomic E-state index is 12.7. The van der Waals surface area contributed by atoms with Gasteiger partial charge in [0.2, 0.25) is 0 Å². The monoisotopic (exact) mass is 400 g/mol. The van der Waals surface area contributed by atoms with Crippen LogP contribution in [0.2, 0.25) is 0 Å². The topological polar surface area (TPSA) is 34.1 Å². The zero-order valence-electron chi connectivity index (χ0n) is 16.3. The molecule has 2 aromatic carbocycles. The summed E-state index contributed by atoms with van der Waals surface area (Å²) >= 11 is 0. The van der Waals surface area contributed by atoms with Crippen LogP contribution in [0.5, 0.6) is 0 Å². The fraction of sp³-hybridized carbons (Fsp3) is 0.304. The fourth-order valence-electron chi connectivity index (χ4n) is 2.87. The van der Waals surface area contributed by atoms with Gasteiger partial charge in [-0.2, -0.15) is 0 Å². The third-order valence-electron chi connectivity index (χ3n) is 4.56. The molecular formula is C23H30O2P2. The van der Waals surface area contributed by atoms with E-state index in [1.54, 1.807) is 0 Å². The lowest BCUT2D eigenvalue weighted by atomic mass is 10.1. The molecule has 0 saturated carbocycles. The summed E-state index contributed by atoms with van der Waals surface area (Å²) in [6.07, 6.45) is 9.30. The molecule has 2 nitrogen and oxygen atoms in total. The van der Waals surface area contributed by atoms with E-state index in [0.29, 0.717) is 0 Å². The van der Waals surface area contributed by atoms with Crippen LogP contribution >= 0.6 is 14.3 Å². The Hall–Kier alpha value is -1.62. The molecule has 0 aliphatic carbocycles. The first kappa shape index (κ1) is 21.7. The minimum absolute atomic E-state index is 0.911. The largest absolute Gasteiger partial charge is 0.315 e. The lowest BCUT2D eigenvalue weighted by Gasteiger charge is -2.08. The van der Waals surface area contributed by atoms with Crippen molar-refractivity contribution in [3.63, 3.8) is 0 Å². The smallest absolute Gasteiger partial charge is 0.133 e. The number of hydrogen-bond donors (Lipinski definition) is 0. The van der Waals surface area contributed by atoms with E-state index in [1.807, 2.05) is 85.6 Å². The molecule has 0 heterocycles. The van der Waals surface area contributed by atoms with Gasteiger partial charge in [-0.1, -0.05) is 79.2 Å². The Morgan fingerprint density at radius 2 is 1.00 bits per heavy atom. The predicted octanol–water partition coefficient (Wildman–Crippen LogP) is 6.60. The van der Waals surface area contributed by atoms with Crippen molar-refractivity contribution in [1.82, 2.24) is 0 Å². The first-order valence-electron chi connectivity index (χ1n) is 9.53. The summed E-state index contributed by atoms with van der Waals surface area (Å²) in [6, 6.07) is 19.3. The van der Waals surface area contributed by atoms with E-state index in [9.17, 15) is 9.13 Å². The number of benzene rings is 2. The molecule has 0 N–H and O–H groups in total. The summed E-state index contributed by atoms with van der Waals surface area (Å²) in [4.78, 5) is 0. The van der Waals surface area contributed by atoms with Crippen LogP contribution in [0.3, 0.4) is 0 Å². The normalized spacial score (nSPS) is 16.4.